The summed E-state index contributed by atoms with van der Waals surface area (Å²) in [5.41, 5.74) is 9.31. The first kappa shape index (κ1) is 27.1. The summed E-state index contributed by atoms with van der Waals surface area (Å²) in [5.74, 6) is 0. The van der Waals surface area contributed by atoms with Crippen molar-refractivity contribution >= 4 is 93.5 Å². The molecule has 0 aliphatic heterocycles. The van der Waals surface area contributed by atoms with Crippen molar-refractivity contribution < 1.29 is 8.83 Å². The van der Waals surface area contributed by atoms with Gasteiger partial charge < -0.3 is 13.7 Å². The summed E-state index contributed by atoms with van der Waals surface area (Å²) in [5, 5.41) is 18.3. The number of hydrogen-bond donors (Lipinski definition) is 0. The molecule has 11 aromatic rings. The second-order valence-corrected chi connectivity index (χ2v) is 12.7. The first-order chi connectivity index (χ1) is 24.7. The highest BCUT2D eigenvalue weighted by molar-refractivity contribution is 6.17. The van der Waals surface area contributed by atoms with Crippen molar-refractivity contribution in [2.45, 2.75) is 0 Å². The van der Waals surface area contributed by atoms with Gasteiger partial charge in [0.1, 0.15) is 33.4 Å². The van der Waals surface area contributed by atoms with E-state index in [4.69, 9.17) is 19.0 Å². The zero-order valence-electron chi connectivity index (χ0n) is 26.6. The van der Waals surface area contributed by atoms with Gasteiger partial charge in [0.25, 0.3) is 0 Å². The van der Waals surface area contributed by atoms with E-state index in [1.54, 1.807) is 4.80 Å². The second kappa shape index (κ2) is 10.3. The Balaban J connectivity index is 1.08. The van der Waals surface area contributed by atoms with E-state index in [1.165, 1.54) is 0 Å². The molecule has 0 aliphatic rings. The largest absolute Gasteiger partial charge is 0.455 e. The normalized spacial score (nSPS) is 12.0. The van der Waals surface area contributed by atoms with Crippen LogP contribution in [0.15, 0.2) is 167 Å². The van der Waals surface area contributed by atoms with Gasteiger partial charge in [-0.25, -0.2) is 0 Å². The molecule has 0 aliphatic carbocycles. The zero-order chi connectivity index (χ0) is 32.8. The van der Waals surface area contributed by atoms with Crippen LogP contribution in [0.5, 0.6) is 0 Å². The number of nitrogens with zero attached hydrogens (tertiary/aromatic N) is 4. The Labute approximate surface area is 285 Å². The Morgan fingerprint density at radius 1 is 0.400 bits per heavy atom. The smallest absolute Gasteiger partial charge is 0.143 e. The van der Waals surface area contributed by atoms with Crippen LogP contribution in [0.2, 0.25) is 0 Å². The lowest BCUT2D eigenvalue weighted by Gasteiger charge is -2.26. The number of aromatic nitrogens is 3. The summed E-state index contributed by atoms with van der Waals surface area (Å²) in [6.45, 7) is 0. The van der Waals surface area contributed by atoms with Crippen molar-refractivity contribution in [1.29, 1.82) is 0 Å². The number of hydrogen-bond acceptors (Lipinski definition) is 5. The molecular weight excluding hydrogens is 617 g/mol. The topological polar surface area (TPSA) is 60.2 Å². The van der Waals surface area contributed by atoms with Gasteiger partial charge in [0.15, 0.2) is 0 Å². The highest BCUT2D eigenvalue weighted by Gasteiger charge is 2.18. The van der Waals surface area contributed by atoms with Crippen molar-refractivity contribution in [2.24, 2.45) is 0 Å². The molecule has 3 heterocycles. The number of anilines is 3. The van der Waals surface area contributed by atoms with Gasteiger partial charge in [0.05, 0.1) is 5.69 Å². The second-order valence-electron chi connectivity index (χ2n) is 12.7. The van der Waals surface area contributed by atoms with Crippen LogP contribution >= 0.6 is 0 Å². The van der Waals surface area contributed by atoms with Gasteiger partial charge >= 0.3 is 0 Å². The SMILES string of the molecule is c1ccc2nn(-c3ccc(N(c4ccc5c(ccc6c7ccccc7oc56)c4)c4ccc5c(ccc6c7ccccc7oc56)c4)cc3)nc2c1. The van der Waals surface area contributed by atoms with Crippen LogP contribution in [0.1, 0.15) is 0 Å². The van der Waals surface area contributed by atoms with Crippen molar-refractivity contribution in [3.63, 3.8) is 0 Å². The Kier molecular flexibility index (Phi) is 5.57. The van der Waals surface area contributed by atoms with Gasteiger partial charge in [-0.1, -0.05) is 60.7 Å². The van der Waals surface area contributed by atoms with Gasteiger partial charge in [-0.2, -0.15) is 4.80 Å². The molecule has 11 rings (SSSR count). The van der Waals surface area contributed by atoms with Crippen LogP contribution < -0.4 is 4.90 Å². The first-order valence-corrected chi connectivity index (χ1v) is 16.7. The molecule has 0 N–H and O–H groups in total. The van der Waals surface area contributed by atoms with E-state index in [2.05, 4.69) is 114 Å². The third-order valence-electron chi connectivity index (χ3n) is 9.83. The van der Waals surface area contributed by atoms with Gasteiger partial charge in [-0.15, -0.1) is 10.2 Å². The first-order valence-electron chi connectivity index (χ1n) is 16.7. The van der Waals surface area contributed by atoms with E-state index in [-0.39, 0.29) is 0 Å². The van der Waals surface area contributed by atoms with Crippen LogP contribution in [0.4, 0.5) is 17.1 Å². The Morgan fingerprint density at radius 3 is 1.40 bits per heavy atom. The number of rotatable bonds is 4. The highest BCUT2D eigenvalue weighted by Crippen LogP contribution is 2.42. The quantitative estimate of drug-likeness (QED) is 0.191. The minimum absolute atomic E-state index is 0.864. The standard InChI is InChI=1S/C44H26N4O2/c1-5-11-41-35(7-1)37-21-13-27-25-31(19-23-33(27)43(37)49-41)47(29-15-17-30(18-16-29)48-45-39-9-3-4-10-40(39)46-48)32-20-24-34-28(26-32)14-22-38-36-8-2-6-12-42(36)50-44(34)38/h1-26H. The fourth-order valence-electron chi connectivity index (χ4n) is 7.43. The van der Waals surface area contributed by atoms with Gasteiger partial charge in [0.2, 0.25) is 0 Å². The number of fused-ring (bicyclic) bond motifs is 11. The summed E-state index contributed by atoms with van der Waals surface area (Å²) >= 11 is 0. The Bertz CT molecular complexity index is 2930. The van der Waals surface area contributed by atoms with E-state index in [0.29, 0.717) is 0 Å². The maximum absolute atomic E-state index is 6.38. The fourth-order valence-corrected chi connectivity index (χ4v) is 7.43. The van der Waals surface area contributed by atoms with Crippen LogP contribution in [0.3, 0.4) is 0 Å². The minimum Gasteiger partial charge on any atom is -0.455 e. The van der Waals surface area contributed by atoms with Gasteiger partial charge in [-0.3, -0.25) is 0 Å². The van der Waals surface area contributed by atoms with Gasteiger partial charge in [-0.05, 0) is 108 Å². The van der Waals surface area contributed by atoms with Crippen molar-refractivity contribution in [3.8, 4) is 5.69 Å². The average Bonchev–Trinajstić information content (AvgIpc) is 3.89. The Morgan fingerprint density at radius 2 is 0.860 bits per heavy atom. The van der Waals surface area contributed by atoms with E-state index in [0.717, 1.165) is 99.2 Å². The third kappa shape index (κ3) is 4.02. The van der Waals surface area contributed by atoms with Crippen molar-refractivity contribution in [3.05, 3.63) is 158 Å². The van der Waals surface area contributed by atoms with Crippen LogP contribution in [0.25, 0.3) is 82.1 Å². The molecule has 8 aromatic carbocycles. The number of benzene rings is 8. The van der Waals surface area contributed by atoms with Crippen molar-refractivity contribution in [2.75, 3.05) is 4.90 Å². The summed E-state index contributed by atoms with van der Waals surface area (Å²) in [6.07, 6.45) is 0. The molecule has 0 atom stereocenters. The van der Waals surface area contributed by atoms with Crippen LogP contribution in [-0.2, 0) is 0 Å². The summed E-state index contributed by atoms with van der Waals surface area (Å²) in [4.78, 5) is 3.99. The van der Waals surface area contributed by atoms with Crippen molar-refractivity contribution in [1.82, 2.24) is 15.0 Å². The lowest BCUT2D eigenvalue weighted by atomic mass is 10.0. The lowest BCUT2D eigenvalue weighted by molar-refractivity contribution is 0.672. The predicted octanol–water partition coefficient (Wildman–Crippen LogP) is 12.0. The molecule has 0 unspecified atom stereocenters. The van der Waals surface area contributed by atoms with Crippen LogP contribution in [0, 0.1) is 0 Å². The molecular formula is C44H26N4O2. The highest BCUT2D eigenvalue weighted by atomic mass is 16.3. The molecule has 0 spiro atoms. The molecule has 0 bridgehead atoms. The molecule has 0 fully saturated rings. The van der Waals surface area contributed by atoms with E-state index >= 15 is 0 Å². The molecule has 0 saturated heterocycles. The minimum atomic E-state index is 0.864. The molecule has 50 heavy (non-hydrogen) atoms. The molecule has 6 nitrogen and oxygen atoms in total. The molecule has 6 heteroatoms. The third-order valence-corrected chi connectivity index (χ3v) is 9.83. The summed E-state index contributed by atoms with van der Waals surface area (Å²) < 4.78 is 12.8. The molecule has 3 aromatic heterocycles. The van der Waals surface area contributed by atoms with E-state index < -0.39 is 0 Å². The van der Waals surface area contributed by atoms with E-state index in [9.17, 15) is 0 Å². The molecule has 0 amide bonds. The van der Waals surface area contributed by atoms with E-state index in [1.807, 2.05) is 48.5 Å². The summed E-state index contributed by atoms with van der Waals surface area (Å²) in [6, 6.07) is 54.7. The maximum atomic E-state index is 6.38. The summed E-state index contributed by atoms with van der Waals surface area (Å²) in [7, 11) is 0. The zero-order valence-corrected chi connectivity index (χ0v) is 26.6. The van der Waals surface area contributed by atoms with Gasteiger partial charge in [0, 0.05) is 49.4 Å². The lowest BCUT2D eigenvalue weighted by Crippen LogP contribution is -2.10. The molecule has 234 valence electrons. The number of furan rings is 2. The molecule has 0 radical (unpaired) electrons. The average molecular weight is 643 g/mol. The fraction of sp³-hybridized carbons (Fsp3) is 0. The molecule has 0 saturated carbocycles. The monoisotopic (exact) mass is 642 g/mol. The Hall–Kier alpha value is -6.92. The van der Waals surface area contributed by atoms with Crippen LogP contribution in [-0.4, -0.2) is 15.0 Å². The predicted molar refractivity (Wildman–Crippen MR) is 203 cm³/mol. The maximum Gasteiger partial charge on any atom is 0.143 e. The number of para-hydroxylation sites is 2.